The summed E-state index contributed by atoms with van der Waals surface area (Å²) in [6.07, 6.45) is 3.52. The second-order valence-corrected chi connectivity index (χ2v) is 3.70. The summed E-state index contributed by atoms with van der Waals surface area (Å²) in [7, 11) is 0. The monoisotopic (exact) mass is 229 g/mol. The third-order valence-corrected chi connectivity index (χ3v) is 2.44. The van der Waals surface area contributed by atoms with Gasteiger partial charge >= 0.3 is 6.09 Å². The lowest BCUT2D eigenvalue weighted by atomic mass is 9.99. The van der Waals surface area contributed by atoms with Gasteiger partial charge in [-0.2, -0.15) is 0 Å². The maximum absolute atomic E-state index is 11.1. The first-order valence-electron chi connectivity index (χ1n) is 5.11. The van der Waals surface area contributed by atoms with Gasteiger partial charge in [0.05, 0.1) is 5.69 Å². The van der Waals surface area contributed by atoms with Crippen LogP contribution in [0, 0.1) is 0 Å². The van der Waals surface area contributed by atoms with Crippen molar-refractivity contribution in [1.82, 2.24) is 0 Å². The van der Waals surface area contributed by atoms with Crippen LogP contribution in [0.4, 0.5) is 10.5 Å². The molecule has 0 saturated heterocycles. The number of hydrogen-bond acceptors (Lipinski definition) is 2. The topological polar surface area (TPSA) is 57.6 Å². The Morgan fingerprint density at radius 1 is 1.29 bits per heavy atom. The van der Waals surface area contributed by atoms with Gasteiger partial charge in [0.2, 0.25) is 0 Å². The van der Waals surface area contributed by atoms with Gasteiger partial charge in [-0.05, 0) is 30.7 Å². The lowest BCUT2D eigenvalue weighted by molar-refractivity contribution is -0.112. The van der Waals surface area contributed by atoms with Crippen LogP contribution in [0.15, 0.2) is 42.6 Å². The highest BCUT2D eigenvalue weighted by Gasteiger charge is 2.20. The number of carbonyl (C=O) groups is 2. The van der Waals surface area contributed by atoms with E-state index in [2.05, 4.69) is 0 Å². The first-order chi connectivity index (χ1) is 8.09. The predicted octanol–water partition coefficient (Wildman–Crippen LogP) is 2.67. The van der Waals surface area contributed by atoms with E-state index in [1.807, 2.05) is 6.07 Å². The highest BCUT2D eigenvalue weighted by molar-refractivity contribution is 6.03. The molecule has 1 N–H and O–H groups in total. The van der Waals surface area contributed by atoms with Crippen LogP contribution in [0.1, 0.15) is 12.5 Å². The van der Waals surface area contributed by atoms with Crippen LogP contribution in [-0.2, 0) is 4.79 Å². The minimum absolute atomic E-state index is 0.0665. The molecule has 0 bridgehead atoms. The molecule has 1 heterocycles. The Hall–Kier alpha value is -2.36. The summed E-state index contributed by atoms with van der Waals surface area (Å²) in [6, 6.07) is 7.08. The fourth-order valence-corrected chi connectivity index (χ4v) is 1.76. The molecule has 4 nitrogen and oxygen atoms in total. The second kappa shape index (κ2) is 4.25. The normalized spacial score (nSPS) is 15.8. The Kier molecular flexibility index (Phi) is 2.78. The number of nitrogens with zero attached hydrogens (tertiary/aromatic N) is 1. The Labute approximate surface area is 98.5 Å². The average molecular weight is 229 g/mol. The van der Waals surface area contributed by atoms with Crippen molar-refractivity contribution < 1.29 is 14.7 Å². The molecule has 2 rings (SSSR count). The number of allylic oxidation sites excluding steroid dienone is 3. The van der Waals surface area contributed by atoms with E-state index in [1.165, 1.54) is 19.2 Å². The number of anilines is 1. The van der Waals surface area contributed by atoms with E-state index in [9.17, 15) is 9.59 Å². The Bertz CT molecular complexity index is 543. The zero-order valence-corrected chi connectivity index (χ0v) is 9.25. The molecule has 4 heteroatoms. The summed E-state index contributed by atoms with van der Waals surface area (Å²) in [6.45, 7) is 1.47. The molecule has 17 heavy (non-hydrogen) atoms. The number of ketones is 1. The minimum atomic E-state index is -1.05. The van der Waals surface area contributed by atoms with Crippen molar-refractivity contribution in [3.05, 3.63) is 48.2 Å². The van der Waals surface area contributed by atoms with Crippen LogP contribution in [0.25, 0.3) is 5.57 Å². The molecule has 0 spiro atoms. The van der Waals surface area contributed by atoms with Gasteiger partial charge in [-0.3, -0.25) is 9.69 Å². The fourth-order valence-electron chi connectivity index (χ4n) is 1.76. The summed E-state index contributed by atoms with van der Waals surface area (Å²) in [5, 5.41) is 9.04. The van der Waals surface area contributed by atoms with Gasteiger partial charge in [0, 0.05) is 11.8 Å². The van der Waals surface area contributed by atoms with Gasteiger partial charge in [0.1, 0.15) is 0 Å². The Morgan fingerprint density at radius 2 is 2.00 bits per heavy atom. The van der Waals surface area contributed by atoms with Crippen molar-refractivity contribution in [2.75, 3.05) is 4.90 Å². The quantitative estimate of drug-likeness (QED) is 0.753. The molecule has 0 fully saturated rings. The number of carbonyl (C=O) groups excluding carboxylic acids is 1. The third-order valence-electron chi connectivity index (χ3n) is 2.44. The number of carboxylic acid groups (broad SMARTS) is 1. The molecule has 0 saturated carbocycles. The van der Waals surface area contributed by atoms with E-state index in [1.54, 1.807) is 24.3 Å². The molecule has 0 radical (unpaired) electrons. The van der Waals surface area contributed by atoms with E-state index in [4.69, 9.17) is 5.11 Å². The van der Waals surface area contributed by atoms with Crippen molar-refractivity contribution in [1.29, 1.82) is 0 Å². The molecular formula is C13H11NO3. The lowest BCUT2D eigenvalue weighted by Gasteiger charge is -2.23. The van der Waals surface area contributed by atoms with E-state index in [0.717, 1.165) is 16.0 Å². The Balaban J connectivity index is 2.57. The maximum Gasteiger partial charge on any atom is 0.415 e. The summed E-state index contributed by atoms with van der Waals surface area (Å²) < 4.78 is 0. The fraction of sp³-hybridized carbons (Fsp3) is 0.0769. The highest BCUT2D eigenvalue weighted by Crippen LogP contribution is 2.32. The Morgan fingerprint density at radius 3 is 2.65 bits per heavy atom. The minimum Gasteiger partial charge on any atom is -0.464 e. The van der Waals surface area contributed by atoms with E-state index in [-0.39, 0.29) is 5.78 Å². The molecule has 1 amide bonds. The number of amides is 1. The third kappa shape index (κ3) is 2.10. The van der Waals surface area contributed by atoms with Crippen molar-refractivity contribution in [3.63, 3.8) is 0 Å². The highest BCUT2D eigenvalue weighted by atomic mass is 16.4. The van der Waals surface area contributed by atoms with Gasteiger partial charge in [0.15, 0.2) is 5.78 Å². The van der Waals surface area contributed by atoms with Crippen LogP contribution in [0.2, 0.25) is 0 Å². The lowest BCUT2D eigenvalue weighted by Crippen LogP contribution is -2.25. The van der Waals surface area contributed by atoms with Crippen LogP contribution in [-0.4, -0.2) is 17.0 Å². The standard InChI is InChI=1S/C13H11NO3/c1-9(15)8-10-6-7-14(13(16)17)12-5-3-2-4-11(10)12/h2-8H,1H3,(H,16,17). The van der Waals surface area contributed by atoms with Crippen LogP contribution in [0.5, 0.6) is 0 Å². The molecule has 0 aromatic heterocycles. The molecular weight excluding hydrogens is 218 g/mol. The van der Waals surface area contributed by atoms with Gasteiger partial charge in [-0.15, -0.1) is 0 Å². The van der Waals surface area contributed by atoms with Crippen molar-refractivity contribution >= 4 is 23.1 Å². The van der Waals surface area contributed by atoms with E-state index in [0.29, 0.717) is 5.69 Å². The van der Waals surface area contributed by atoms with Crippen molar-refractivity contribution in [2.45, 2.75) is 6.92 Å². The van der Waals surface area contributed by atoms with E-state index >= 15 is 0 Å². The number of rotatable bonds is 1. The molecule has 1 aromatic carbocycles. The van der Waals surface area contributed by atoms with E-state index < -0.39 is 6.09 Å². The molecule has 0 aliphatic carbocycles. The zero-order valence-electron chi connectivity index (χ0n) is 9.25. The maximum atomic E-state index is 11.1. The van der Waals surface area contributed by atoms with Gasteiger partial charge in [-0.25, -0.2) is 4.79 Å². The molecule has 1 aliphatic heterocycles. The number of benzene rings is 1. The summed E-state index contributed by atoms with van der Waals surface area (Å²) >= 11 is 0. The first-order valence-corrected chi connectivity index (χ1v) is 5.11. The van der Waals surface area contributed by atoms with Crippen LogP contribution in [0.3, 0.4) is 0 Å². The first kappa shape index (κ1) is 11.1. The number of fused-ring (bicyclic) bond motifs is 1. The summed E-state index contributed by atoms with van der Waals surface area (Å²) in [5.41, 5.74) is 2.04. The summed E-state index contributed by atoms with van der Waals surface area (Å²) in [5.74, 6) is -0.0665. The second-order valence-electron chi connectivity index (χ2n) is 3.70. The molecule has 1 aromatic rings. The van der Waals surface area contributed by atoms with Gasteiger partial charge < -0.3 is 5.11 Å². The van der Waals surface area contributed by atoms with Gasteiger partial charge in [-0.1, -0.05) is 18.2 Å². The number of hydrogen-bond donors (Lipinski definition) is 1. The smallest absolute Gasteiger partial charge is 0.415 e. The van der Waals surface area contributed by atoms with Crippen LogP contribution >= 0.6 is 0 Å². The SMILES string of the molecule is CC(=O)C=C1C=CN(C(=O)O)c2ccccc21. The van der Waals surface area contributed by atoms with Gasteiger partial charge in [0.25, 0.3) is 0 Å². The van der Waals surface area contributed by atoms with Crippen molar-refractivity contribution in [3.8, 4) is 0 Å². The number of para-hydroxylation sites is 1. The average Bonchev–Trinajstić information content (AvgIpc) is 2.28. The molecule has 86 valence electrons. The predicted molar refractivity (Wildman–Crippen MR) is 64.7 cm³/mol. The van der Waals surface area contributed by atoms with Crippen molar-refractivity contribution in [2.24, 2.45) is 0 Å². The van der Waals surface area contributed by atoms with Crippen LogP contribution < -0.4 is 4.90 Å². The molecule has 0 atom stereocenters. The molecule has 0 unspecified atom stereocenters. The zero-order chi connectivity index (χ0) is 12.4. The largest absolute Gasteiger partial charge is 0.464 e. The summed E-state index contributed by atoms with van der Waals surface area (Å²) in [4.78, 5) is 23.3. The molecule has 1 aliphatic rings.